The van der Waals surface area contributed by atoms with Crippen LogP contribution in [0.2, 0.25) is 0 Å². The van der Waals surface area contributed by atoms with Crippen LogP contribution >= 0.6 is 0 Å². The van der Waals surface area contributed by atoms with Crippen molar-refractivity contribution in [3.05, 3.63) is 0 Å². The molecule has 1 aliphatic heterocycles. The SMILES string of the molecule is CC(C)C1CCN(C(CN)C2CCCCC2)CC1. The average molecular weight is 252 g/mol. The number of nitrogens with zero attached hydrogens (tertiary/aromatic N) is 1. The maximum atomic E-state index is 6.09. The molecule has 2 rings (SSSR count). The molecule has 0 aromatic rings. The highest BCUT2D eigenvalue weighted by Crippen LogP contribution is 2.32. The Morgan fingerprint density at radius 3 is 2.06 bits per heavy atom. The lowest BCUT2D eigenvalue weighted by Crippen LogP contribution is -2.49. The van der Waals surface area contributed by atoms with E-state index in [9.17, 15) is 0 Å². The van der Waals surface area contributed by atoms with Gasteiger partial charge in [-0.3, -0.25) is 4.90 Å². The molecule has 106 valence electrons. The molecular formula is C16H32N2. The van der Waals surface area contributed by atoms with Gasteiger partial charge in [0, 0.05) is 12.6 Å². The third-order valence-corrected chi connectivity index (χ3v) is 5.42. The number of hydrogen-bond acceptors (Lipinski definition) is 2. The van der Waals surface area contributed by atoms with Gasteiger partial charge in [-0.1, -0.05) is 33.1 Å². The molecule has 2 nitrogen and oxygen atoms in total. The zero-order valence-electron chi connectivity index (χ0n) is 12.4. The molecule has 1 saturated heterocycles. The van der Waals surface area contributed by atoms with Crippen LogP contribution in [0.1, 0.15) is 58.8 Å². The van der Waals surface area contributed by atoms with Gasteiger partial charge in [0.1, 0.15) is 0 Å². The molecule has 1 aliphatic carbocycles. The Morgan fingerprint density at radius 2 is 1.56 bits per heavy atom. The van der Waals surface area contributed by atoms with Crippen molar-refractivity contribution in [3.63, 3.8) is 0 Å². The first-order chi connectivity index (χ1) is 8.72. The summed E-state index contributed by atoms with van der Waals surface area (Å²) >= 11 is 0. The molecule has 2 aliphatic rings. The van der Waals surface area contributed by atoms with E-state index in [1.807, 2.05) is 0 Å². The lowest BCUT2D eigenvalue weighted by molar-refractivity contribution is 0.0734. The van der Waals surface area contributed by atoms with Crippen LogP contribution in [-0.4, -0.2) is 30.6 Å². The van der Waals surface area contributed by atoms with Crippen LogP contribution in [0.25, 0.3) is 0 Å². The first kappa shape index (κ1) is 14.3. The second-order valence-corrected chi connectivity index (χ2v) is 6.82. The minimum atomic E-state index is 0.679. The van der Waals surface area contributed by atoms with E-state index in [0.717, 1.165) is 24.3 Å². The molecule has 18 heavy (non-hydrogen) atoms. The summed E-state index contributed by atoms with van der Waals surface area (Å²) in [5, 5.41) is 0. The van der Waals surface area contributed by atoms with Crippen molar-refractivity contribution < 1.29 is 0 Å². The Hall–Kier alpha value is -0.0800. The smallest absolute Gasteiger partial charge is 0.0246 e. The third-order valence-electron chi connectivity index (χ3n) is 5.42. The van der Waals surface area contributed by atoms with Crippen LogP contribution in [0.5, 0.6) is 0 Å². The quantitative estimate of drug-likeness (QED) is 0.832. The molecular weight excluding hydrogens is 220 g/mol. The molecule has 1 heterocycles. The average Bonchev–Trinajstić information content (AvgIpc) is 2.41. The predicted molar refractivity (Wildman–Crippen MR) is 78.6 cm³/mol. The van der Waals surface area contributed by atoms with Crippen molar-refractivity contribution in [1.82, 2.24) is 4.90 Å². The zero-order valence-corrected chi connectivity index (χ0v) is 12.4. The fourth-order valence-corrected chi connectivity index (χ4v) is 4.08. The number of rotatable bonds is 4. The van der Waals surface area contributed by atoms with Gasteiger partial charge in [-0.15, -0.1) is 0 Å². The molecule has 0 amide bonds. The highest BCUT2D eigenvalue weighted by molar-refractivity contribution is 4.86. The van der Waals surface area contributed by atoms with Crippen molar-refractivity contribution in [2.45, 2.75) is 64.8 Å². The maximum absolute atomic E-state index is 6.09. The molecule has 1 atom stereocenters. The molecule has 2 N–H and O–H groups in total. The normalized spacial score (nSPS) is 26.7. The third kappa shape index (κ3) is 3.48. The number of hydrogen-bond donors (Lipinski definition) is 1. The number of likely N-dealkylation sites (tertiary alicyclic amines) is 1. The van der Waals surface area contributed by atoms with Crippen LogP contribution in [0.15, 0.2) is 0 Å². The topological polar surface area (TPSA) is 29.3 Å². The lowest BCUT2D eigenvalue weighted by atomic mass is 9.81. The molecule has 0 aromatic carbocycles. The van der Waals surface area contributed by atoms with Gasteiger partial charge in [-0.05, 0) is 56.5 Å². The highest BCUT2D eigenvalue weighted by atomic mass is 15.2. The van der Waals surface area contributed by atoms with E-state index in [-0.39, 0.29) is 0 Å². The molecule has 1 unspecified atom stereocenters. The Kier molecular flexibility index (Phi) is 5.50. The minimum absolute atomic E-state index is 0.679. The van der Waals surface area contributed by atoms with Gasteiger partial charge in [-0.25, -0.2) is 0 Å². The summed E-state index contributed by atoms with van der Waals surface area (Å²) in [4.78, 5) is 2.72. The Morgan fingerprint density at radius 1 is 0.944 bits per heavy atom. The van der Waals surface area contributed by atoms with E-state index in [1.54, 1.807) is 0 Å². The van der Waals surface area contributed by atoms with Gasteiger partial charge in [0.25, 0.3) is 0 Å². The molecule has 0 radical (unpaired) electrons. The van der Waals surface area contributed by atoms with E-state index in [1.165, 1.54) is 58.0 Å². The molecule has 2 fully saturated rings. The second-order valence-electron chi connectivity index (χ2n) is 6.82. The lowest BCUT2D eigenvalue weighted by Gasteiger charge is -2.42. The predicted octanol–water partition coefficient (Wildman–Crippen LogP) is 3.26. The van der Waals surface area contributed by atoms with Crippen LogP contribution in [0, 0.1) is 17.8 Å². The largest absolute Gasteiger partial charge is 0.329 e. The van der Waals surface area contributed by atoms with Crippen molar-refractivity contribution in [2.24, 2.45) is 23.5 Å². The molecule has 2 heteroatoms. The van der Waals surface area contributed by atoms with Gasteiger partial charge < -0.3 is 5.73 Å². The first-order valence-corrected chi connectivity index (χ1v) is 8.16. The second kappa shape index (κ2) is 6.91. The van der Waals surface area contributed by atoms with E-state index in [0.29, 0.717) is 6.04 Å². The van der Waals surface area contributed by atoms with Gasteiger partial charge in [0.15, 0.2) is 0 Å². The summed E-state index contributed by atoms with van der Waals surface area (Å²) in [7, 11) is 0. The van der Waals surface area contributed by atoms with Crippen molar-refractivity contribution >= 4 is 0 Å². The van der Waals surface area contributed by atoms with E-state index in [4.69, 9.17) is 5.73 Å². The van der Waals surface area contributed by atoms with E-state index in [2.05, 4.69) is 18.7 Å². The molecule has 0 aromatic heterocycles. The van der Waals surface area contributed by atoms with Gasteiger partial charge in [-0.2, -0.15) is 0 Å². The standard InChI is InChI=1S/C16H32N2/c1-13(2)14-8-10-18(11-9-14)16(12-17)15-6-4-3-5-7-15/h13-16H,3-12,17H2,1-2H3. The fraction of sp³-hybridized carbons (Fsp3) is 1.00. The molecule has 0 spiro atoms. The monoisotopic (exact) mass is 252 g/mol. The van der Waals surface area contributed by atoms with Crippen LogP contribution in [0.3, 0.4) is 0 Å². The van der Waals surface area contributed by atoms with Gasteiger partial charge >= 0.3 is 0 Å². The van der Waals surface area contributed by atoms with E-state index >= 15 is 0 Å². The summed E-state index contributed by atoms with van der Waals surface area (Å²) in [5.41, 5.74) is 6.09. The highest BCUT2D eigenvalue weighted by Gasteiger charge is 2.31. The fourth-order valence-electron chi connectivity index (χ4n) is 4.08. The Labute approximate surface area is 113 Å². The van der Waals surface area contributed by atoms with Crippen molar-refractivity contribution in [1.29, 1.82) is 0 Å². The van der Waals surface area contributed by atoms with Crippen molar-refractivity contribution in [2.75, 3.05) is 19.6 Å². The van der Waals surface area contributed by atoms with Gasteiger partial charge in [0.05, 0.1) is 0 Å². The molecule has 1 saturated carbocycles. The van der Waals surface area contributed by atoms with Crippen LogP contribution < -0.4 is 5.73 Å². The van der Waals surface area contributed by atoms with E-state index < -0.39 is 0 Å². The summed E-state index contributed by atoms with van der Waals surface area (Å²) in [6.45, 7) is 8.21. The Bertz CT molecular complexity index is 225. The maximum Gasteiger partial charge on any atom is 0.0246 e. The first-order valence-electron chi connectivity index (χ1n) is 8.16. The summed E-state index contributed by atoms with van der Waals surface area (Å²) in [6, 6.07) is 0.679. The Balaban J connectivity index is 1.85. The molecule has 0 bridgehead atoms. The summed E-state index contributed by atoms with van der Waals surface area (Å²) in [5.74, 6) is 2.70. The number of nitrogens with two attached hydrogens (primary N) is 1. The van der Waals surface area contributed by atoms with Crippen LogP contribution in [-0.2, 0) is 0 Å². The van der Waals surface area contributed by atoms with Gasteiger partial charge in [0.2, 0.25) is 0 Å². The minimum Gasteiger partial charge on any atom is -0.329 e. The number of piperidine rings is 1. The zero-order chi connectivity index (χ0) is 13.0. The summed E-state index contributed by atoms with van der Waals surface area (Å²) in [6.07, 6.45) is 9.94. The van der Waals surface area contributed by atoms with Crippen LogP contribution in [0.4, 0.5) is 0 Å². The van der Waals surface area contributed by atoms with Crippen molar-refractivity contribution in [3.8, 4) is 0 Å². The summed E-state index contributed by atoms with van der Waals surface area (Å²) < 4.78 is 0.